The fourth-order valence-electron chi connectivity index (χ4n) is 3.24. The molecule has 0 amide bonds. The third kappa shape index (κ3) is 6.12. The highest BCUT2D eigenvalue weighted by molar-refractivity contribution is 6.58. The highest BCUT2D eigenvalue weighted by Crippen LogP contribution is 2.44. The van der Waals surface area contributed by atoms with E-state index in [0.29, 0.717) is 0 Å². The van der Waals surface area contributed by atoms with E-state index in [1.54, 1.807) is 7.11 Å². The number of nitrogens with zero attached hydrogens (tertiary/aromatic N) is 1. The normalized spacial score (nSPS) is 13.6. The van der Waals surface area contributed by atoms with Crippen LogP contribution in [0.2, 0.25) is 10.1 Å². The summed E-state index contributed by atoms with van der Waals surface area (Å²) >= 11 is 0. The van der Waals surface area contributed by atoms with Crippen molar-refractivity contribution in [1.82, 2.24) is 0 Å². The molecule has 1 rings (SSSR count). The number of aromatic nitrogens is 1. The molecule has 0 aliphatic rings. The van der Waals surface area contributed by atoms with E-state index in [9.17, 15) is 0 Å². The first-order chi connectivity index (χ1) is 11.5. The summed E-state index contributed by atoms with van der Waals surface area (Å²) < 4.78 is 14.4. The van der Waals surface area contributed by atoms with E-state index in [0.717, 1.165) is 24.4 Å². The quantitative estimate of drug-likeness (QED) is 0.352. The second kappa shape index (κ2) is 8.81. The second-order valence-corrected chi connectivity index (χ2v) is 12.3. The molecule has 0 fully saturated rings. The molecular weight excluding hydrogens is 326 g/mol. The molecule has 4 heteroatoms. The molecule has 3 nitrogen and oxygen atoms in total. The van der Waals surface area contributed by atoms with E-state index >= 15 is 0 Å². The van der Waals surface area contributed by atoms with Crippen molar-refractivity contribution >= 4 is 9.04 Å². The summed E-state index contributed by atoms with van der Waals surface area (Å²) in [7, 11) is 0.573. The average Bonchev–Trinajstić information content (AvgIpc) is 2.49. The highest BCUT2D eigenvalue weighted by Gasteiger charge is 2.42. The minimum Gasteiger partial charge on any atom is -0.496 e. The van der Waals surface area contributed by atoms with Crippen LogP contribution in [0.4, 0.5) is 0 Å². The van der Waals surface area contributed by atoms with Gasteiger partial charge < -0.3 is 9.16 Å². The predicted molar refractivity (Wildman–Crippen MR) is 107 cm³/mol. The number of rotatable bonds is 8. The van der Waals surface area contributed by atoms with Gasteiger partial charge >= 0.3 is 0 Å². The lowest BCUT2D eigenvalue weighted by Gasteiger charge is -2.39. The van der Waals surface area contributed by atoms with E-state index in [-0.39, 0.29) is 16.2 Å². The first-order valence-corrected chi connectivity index (χ1v) is 10.3. The highest BCUT2D eigenvalue weighted by atomic mass is 28.3. The third-order valence-electron chi connectivity index (χ3n) is 3.94. The molecule has 0 unspecified atom stereocenters. The largest absolute Gasteiger partial charge is 0.496 e. The zero-order valence-corrected chi connectivity index (χ0v) is 18.1. The van der Waals surface area contributed by atoms with Crippen LogP contribution in [0.3, 0.4) is 0 Å². The third-order valence-corrected chi connectivity index (χ3v) is 7.18. The number of hydrogen-bond donors (Lipinski definition) is 0. The van der Waals surface area contributed by atoms with Gasteiger partial charge in [-0.3, -0.25) is 0 Å². The average molecular weight is 362 g/mol. The molecule has 0 aliphatic carbocycles. The fourth-order valence-corrected chi connectivity index (χ4v) is 6.70. The summed E-state index contributed by atoms with van der Waals surface area (Å²) in [5.41, 5.74) is 1.11. The predicted octanol–water partition coefficient (Wildman–Crippen LogP) is 5.39. The van der Waals surface area contributed by atoms with Crippen molar-refractivity contribution in [2.45, 2.75) is 70.7 Å². The van der Waals surface area contributed by atoms with E-state index < -0.39 is 9.04 Å². The molecule has 0 bridgehead atoms. The smallest absolute Gasteiger partial charge is 0.223 e. The minimum absolute atomic E-state index is 0.0418. The molecule has 25 heavy (non-hydrogen) atoms. The molecule has 1 atom stereocenters. The van der Waals surface area contributed by atoms with Crippen LogP contribution in [0.5, 0.6) is 5.75 Å². The van der Waals surface area contributed by atoms with Crippen LogP contribution in [-0.2, 0) is 11.0 Å². The number of ether oxygens (including phenoxy) is 1. The number of methoxy groups -OCH3 is 1. The van der Waals surface area contributed by atoms with E-state index in [1.807, 2.05) is 24.4 Å². The summed E-state index contributed by atoms with van der Waals surface area (Å²) in [4.78, 5) is 0. The van der Waals surface area contributed by atoms with Crippen molar-refractivity contribution in [2.24, 2.45) is 0 Å². The molecule has 1 heterocycles. The lowest BCUT2D eigenvalue weighted by molar-refractivity contribution is -0.697. The molecule has 1 radical (unpaired) electrons. The van der Waals surface area contributed by atoms with Crippen molar-refractivity contribution in [2.75, 3.05) is 7.11 Å². The molecule has 0 saturated heterocycles. The SMILES string of the molecule is C=CC[C@@H](O[Si](C(C)(C)C)C(C)(C)C)c1cc(OC)cc[n+]1CC=C. The van der Waals surface area contributed by atoms with Gasteiger partial charge in [0.2, 0.25) is 14.7 Å². The Hall–Kier alpha value is -1.39. The number of pyridine rings is 1. The molecule has 139 valence electrons. The van der Waals surface area contributed by atoms with E-state index in [2.05, 4.69) is 65.3 Å². The van der Waals surface area contributed by atoms with Crippen LogP contribution in [-0.4, -0.2) is 16.2 Å². The van der Waals surface area contributed by atoms with Crippen molar-refractivity contribution in [3.8, 4) is 5.75 Å². The van der Waals surface area contributed by atoms with Gasteiger partial charge in [-0.1, -0.05) is 54.2 Å². The van der Waals surface area contributed by atoms with Crippen LogP contribution in [0, 0.1) is 0 Å². The lowest BCUT2D eigenvalue weighted by atomic mass is 10.1. The molecule has 0 aromatic carbocycles. The molecule has 1 aromatic rings. The summed E-state index contributed by atoms with van der Waals surface area (Å²) in [5.74, 6) is 0.841. The van der Waals surface area contributed by atoms with Gasteiger partial charge in [-0.25, -0.2) is 0 Å². The molecule has 1 aromatic heterocycles. The van der Waals surface area contributed by atoms with E-state index in [1.165, 1.54) is 0 Å². The van der Waals surface area contributed by atoms with Crippen molar-refractivity contribution in [3.05, 3.63) is 49.3 Å². The summed E-state index contributed by atoms with van der Waals surface area (Å²) in [5, 5.41) is 0.259. The molecule has 0 aliphatic heterocycles. The maximum absolute atomic E-state index is 6.81. The maximum atomic E-state index is 6.81. The van der Waals surface area contributed by atoms with E-state index in [4.69, 9.17) is 9.16 Å². The van der Waals surface area contributed by atoms with Crippen molar-refractivity contribution in [3.63, 3.8) is 0 Å². The Kier molecular flexibility index (Phi) is 7.63. The van der Waals surface area contributed by atoms with Crippen LogP contribution >= 0.6 is 0 Å². The van der Waals surface area contributed by atoms with Crippen LogP contribution < -0.4 is 9.30 Å². The zero-order valence-electron chi connectivity index (χ0n) is 17.1. The Morgan fingerprint density at radius 3 is 2.16 bits per heavy atom. The zero-order chi connectivity index (χ0) is 19.3. The topological polar surface area (TPSA) is 22.3 Å². The van der Waals surface area contributed by atoms with Gasteiger partial charge in [0.05, 0.1) is 13.2 Å². The van der Waals surface area contributed by atoms with Gasteiger partial charge in [0.1, 0.15) is 11.9 Å². The first kappa shape index (κ1) is 21.6. The standard InChI is InChI=1S/C21H35NO2Si/c1-10-12-19(24-25(20(3,4)5)21(6,7)8)18-16-17(23-9)13-15-22(18)14-11-2/h10-11,13,15-16,19H,1-2,12,14H2,3-9H3/q+1/t19-/m1/s1. The molecular formula is C21H35NO2Si+. The fraction of sp³-hybridized carbons (Fsp3) is 0.571. The van der Waals surface area contributed by atoms with Gasteiger partial charge in [0, 0.05) is 12.5 Å². The Morgan fingerprint density at radius 1 is 1.12 bits per heavy atom. The summed E-state index contributed by atoms with van der Waals surface area (Å²) in [6, 6.07) is 4.04. The van der Waals surface area contributed by atoms with Crippen LogP contribution in [0.15, 0.2) is 43.6 Å². The van der Waals surface area contributed by atoms with Crippen molar-refractivity contribution < 1.29 is 13.7 Å². The lowest BCUT2D eigenvalue weighted by Crippen LogP contribution is -2.43. The Balaban J connectivity index is 3.35. The minimum atomic E-state index is -1.12. The number of allylic oxidation sites excluding steroid dienone is 1. The van der Waals surface area contributed by atoms with Crippen LogP contribution in [0.25, 0.3) is 0 Å². The summed E-state index contributed by atoms with van der Waals surface area (Å²) in [6.07, 6.45) is 6.61. The number of hydrogen-bond acceptors (Lipinski definition) is 2. The van der Waals surface area contributed by atoms with Gasteiger partial charge in [0.15, 0.2) is 12.7 Å². The van der Waals surface area contributed by atoms with Crippen molar-refractivity contribution in [1.29, 1.82) is 0 Å². The van der Waals surface area contributed by atoms with Gasteiger partial charge in [-0.05, 0) is 16.2 Å². The molecule has 0 saturated carbocycles. The van der Waals surface area contributed by atoms with Gasteiger partial charge in [-0.2, -0.15) is 4.57 Å². The van der Waals surface area contributed by atoms with Gasteiger partial charge in [0.25, 0.3) is 0 Å². The Bertz CT molecular complexity index is 571. The van der Waals surface area contributed by atoms with Gasteiger partial charge in [-0.15, -0.1) is 6.58 Å². The maximum Gasteiger partial charge on any atom is 0.223 e. The molecule has 0 N–H and O–H groups in total. The van der Waals surface area contributed by atoms with Crippen LogP contribution in [0.1, 0.15) is 59.8 Å². The summed E-state index contributed by atoms with van der Waals surface area (Å²) in [6.45, 7) is 22.2. The molecule has 0 spiro atoms. The monoisotopic (exact) mass is 361 g/mol. The Morgan fingerprint density at radius 2 is 1.72 bits per heavy atom. The Labute approximate surface area is 156 Å². The first-order valence-electron chi connectivity index (χ1n) is 8.88. The second-order valence-electron chi connectivity index (χ2n) is 8.39.